The number of hydrogen-bond acceptors (Lipinski definition) is 7. The van der Waals surface area contributed by atoms with Crippen LogP contribution in [0.1, 0.15) is 52.3 Å². The molecule has 30 heavy (non-hydrogen) atoms. The quantitative estimate of drug-likeness (QED) is 0.403. The summed E-state index contributed by atoms with van der Waals surface area (Å²) in [7, 11) is 0. The van der Waals surface area contributed by atoms with Gasteiger partial charge in [0.1, 0.15) is 9.71 Å². The summed E-state index contributed by atoms with van der Waals surface area (Å²) in [6.07, 6.45) is 6.61. The topological polar surface area (TPSA) is 109 Å². The number of anilines is 1. The predicted molar refractivity (Wildman–Crippen MR) is 111 cm³/mol. The molecule has 1 aromatic carbocycles. The van der Waals surface area contributed by atoms with Crippen LogP contribution in [0.4, 0.5) is 5.69 Å². The molecule has 152 valence electrons. The van der Waals surface area contributed by atoms with Gasteiger partial charge in [-0.15, -0.1) is 11.3 Å². The zero-order chi connectivity index (χ0) is 20.7. The Hall–Kier alpha value is -3.26. The Labute approximate surface area is 176 Å². The van der Waals surface area contributed by atoms with Crippen LogP contribution in [0, 0.1) is 0 Å². The Bertz CT molecular complexity index is 1250. The van der Waals surface area contributed by atoms with Gasteiger partial charge in [0.2, 0.25) is 5.69 Å². The molecule has 1 aliphatic rings. The largest absolute Gasteiger partial charge is 0.539 e. The average Bonchev–Trinajstić information content (AvgIpc) is 3.28. The van der Waals surface area contributed by atoms with E-state index in [1.54, 1.807) is 24.3 Å². The van der Waals surface area contributed by atoms with Gasteiger partial charge < -0.3 is 15.4 Å². The van der Waals surface area contributed by atoms with Crippen molar-refractivity contribution in [1.29, 1.82) is 0 Å². The maximum absolute atomic E-state index is 13.3. The fourth-order valence-electron chi connectivity index (χ4n) is 3.97. The molecular weight excluding hydrogens is 400 g/mol. The van der Waals surface area contributed by atoms with Crippen LogP contribution in [0.3, 0.4) is 0 Å². The molecule has 0 bridgehead atoms. The van der Waals surface area contributed by atoms with Gasteiger partial charge in [-0.25, -0.2) is 4.98 Å². The molecule has 4 aromatic rings. The number of carbonyl (C=O) groups excluding carboxylic acids is 1. The molecule has 0 amide bonds. The highest BCUT2D eigenvalue weighted by atomic mass is 32.1. The van der Waals surface area contributed by atoms with Gasteiger partial charge >= 0.3 is 5.69 Å². The zero-order valence-corrected chi connectivity index (χ0v) is 17.1. The number of hydrogen-bond donors (Lipinski definition) is 1. The molecule has 0 aliphatic heterocycles. The summed E-state index contributed by atoms with van der Waals surface area (Å²) in [6, 6.07) is 11.0. The van der Waals surface area contributed by atoms with Crippen LogP contribution in [-0.2, 0) is 12.8 Å². The summed E-state index contributed by atoms with van der Waals surface area (Å²) in [6.45, 7) is 0. The van der Waals surface area contributed by atoms with Crippen LogP contribution in [0.15, 0.2) is 40.9 Å². The molecule has 5 rings (SSSR count). The summed E-state index contributed by atoms with van der Waals surface area (Å²) < 4.78 is 6.02. The van der Waals surface area contributed by atoms with Gasteiger partial charge in [-0.2, -0.15) is 0 Å². The highest BCUT2D eigenvalue weighted by Crippen LogP contribution is 2.36. The molecule has 8 heteroatoms. The van der Waals surface area contributed by atoms with Crippen LogP contribution in [0.5, 0.6) is 5.95 Å². The molecule has 3 aromatic heterocycles. The van der Waals surface area contributed by atoms with Gasteiger partial charge in [0.15, 0.2) is 5.95 Å². The number of nitrogen functional groups attached to an aromatic ring is 1. The fraction of sp³-hybridized carbons (Fsp3) is 0.273. The number of thiophene rings is 1. The van der Waals surface area contributed by atoms with Crippen molar-refractivity contribution in [1.82, 2.24) is 10.3 Å². The second-order valence-electron chi connectivity index (χ2n) is 7.49. The smallest absolute Gasteiger partial charge is 0.312 e. The van der Waals surface area contributed by atoms with E-state index in [1.807, 2.05) is 6.07 Å². The summed E-state index contributed by atoms with van der Waals surface area (Å²) >= 11 is 1.22. The monoisotopic (exact) mass is 420 g/mol. The predicted octanol–water partition coefficient (Wildman–Crippen LogP) is 3.11. The van der Waals surface area contributed by atoms with E-state index >= 15 is 0 Å². The molecule has 0 saturated carbocycles. The van der Waals surface area contributed by atoms with Gasteiger partial charge in [-0.05, 0) is 42.0 Å². The van der Waals surface area contributed by atoms with Crippen molar-refractivity contribution < 1.29 is 19.1 Å². The molecule has 0 atom stereocenters. The Morgan fingerprint density at radius 1 is 1.13 bits per heavy atom. The van der Waals surface area contributed by atoms with Crippen LogP contribution in [0.25, 0.3) is 15.9 Å². The van der Waals surface area contributed by atoms with Gasteiger partial charge in [0, 0.05) is 23.2 Å². The molecule has 0 radical (unpaired) electrons. The van der Waals surface area contributed by atoms with Crippen molar-refractivity contribution in [3.8, 4) is 11.6 Å². The minimum Gasteiger partial charge on any atom is -0.539 e. The van der Waals surface area contributed by atoms with Crippen molar-refractivity contribution in [3.05, 3.63) is 58.2 Å². The lowest BCUT2D eigenvalue weighted by Crippen LogP contribution is -2.39. The highest BCUT2D eigenvalue weighted by molar-refractivity contribution is 7.21. The number of ketones is 1. The van der Waals surface area contributed by atoms with Crippen LogP contribution < -0.4 is 15.5 Å². The summed E-state index contributed by atoms with van der Waals surface area (Å²) in [5.74, 6) is -1.29. The third-order valence-electron chi connectivity index (χ3n) is 5.53. The Balaban J connectivity index is 1.61. The lowest BCUT2D eigenvalue weighted by Gasteiger charge is -2.12. The average molecular weight is 420 g/mol. The van der Waals surface area contributed by atoms with Crippen LogP contribution >= 0.6 is 11.3 Å². The number of para-hydroxylation sites is 1. The summed E-state index contributed by atoms with van der Waals surface area (Å²) in [5.41, 5.74) is 9.43. The number of carbonyl (C=O) groups is 1. The van der Waals surface area contributed by atoms with Gasteiger partial charge in [0.25, 0.3) is 5.78 Å². The number of pyridine rings is 1. The van der Waals surface area contributed by atoms with Gasteiger partial charge in [0.05, 0.1) is 11.0 Å². The Morgan fingerprint density at radius 2 is 1.90 bits per heavy atom. The zero-order valence-electron chi connectivity index (χ0n) is 16.3. The Kier molecular flexibility index (Phi) is 4.71. The lowest BCUT2D eigenvalue weighted by molar-refractivity contribution is -0.672. The minimum atomic E-state index is -0.791. The minimum absolute atomic E-state index is 0.169. The van der Waals surface area contributed by atoms with Crippen LogP contribution in [0.2, 0.25) is 0 Å². The second kappa shape index (κ2) is 7.53. The first-order valence-electron chi connectivity index (χ1n) is 10.0. The SMILES string of the molecule is Nc1c(C(=O)c2c([O-])on[n+]2-c2ccccc2)sc2nc3c(cc12)CCCCCC3. The van der Waals surface area contributed by atoms with E-state index in [9.17, 15) is 9.90 Å². The normalized spacial score (nSPS) is 14.3. The first kappa shape index (κ1) is 18.7. The van der Waals surface area contributed by atoms with Crippen molar-refractivity contribution in [2.75, 3.05) is 5.73 Å². The van der Waals surface area contributed by atoms with Crippen molar-refractivity contribution in [2.24, 2.45) is 0 Å². The molecule has 2 N–H and O–H groups in total. The first-order chi connectivity index (χ1) is 14.6. The number of rotatable bonds is 3. The van der Waals surface area contributed by atoms with Crippen LogP contribution in [-0.4, -0.2) is 16.0 Å². The fourth-order valence-corrected chi connectivity index (χ4v) is 5.01. The van der Waals surface area contributed by atoms with E-state index in [4.69, 9.17) is 15.2 Å². The van der Waals surface area contributed by atoms with E-state index in [0.717, 1.165) is 41.6 Å². The summed E-state index contributed by atoms with van der Waals surface area (Å²) in [4.78, 5) is 19.2. The third-order valence-corrected chi connectivity index (χ3v) is 6.65. The third kappa shape index (κ3) is 3.13. The number of fused-ring (bicyclic) bond motifs is 2. The number of nitrogens with two attached hydrogens (primary N) is 1. The number of aromatic nitrogens is 3. The lowest BCUT2D eigenvalue weighted by atomic mass is 9.96. The Morgan fingerprint density at radius 3 is 2.70 bits per heavy atom. The maximum Gasteiger partial charge on any atom is 0.312 e. The van der Waals surface area contributed by atoms with E-state index < -0.39 is 11.7 Å². The van der Waals surface area contributed by atoms with Crippen molar-refractivity contribution in [2.45, 2.75) is 38.5 Å². The molecule has 1 aliphatic carbocycles. The number of benzene rings is 1. The molecule has 0 unspecified atom stereocenters. The standard InChI is InChI=1S/C22H20N4O3S/c23-17-15-12-13-8-4-1-2-7-11-16(13)24-21(15)30-20(17)19(27)18-22(28)29-25-26(18)14-9-5-3-6-10-14/h3,5-6,9-10,12H,1-2,4,7-8,11H2,(H2-,23,25,27,28). The molecule has 7 nitrogen and oxygen atoms in total. The molecule has 3 heterocycles. The molecule has 0 fully saturated rings. The first-order valence-corrected chi connectivity index (χ1v) is 10.8. The van der Waals surface area contributed by atoms with E-state index in [-0.39, 0.29) is 5.69 Å². The summed E-state index contributed by atoms with van der Waals surface area (Å²) in [5, 5.41) is 16.8. The van der Waals surface area contributed by atoms with E-state index in [1.165, 1.54) is 34.4 Å². The van der Waals surface area contributed by atoms with Gasteiger partial charge in [-0.1, -0.05) is 31.0 Å². The second-order valence-corrected chi connectivity index (χ2v) is 8.49. The number of aryl methyl sites for hydroxylation is 2. The maximum atomic E-state index is 13.3. The highest BCUT2D eigenvalue weighted by Gasteiger charge is 2.32. The molecule has 0 spiro atoms. The van der Waals surface area contributed by atoms with Crippen molar-refractivity contribution in [3.63, 3.8) is 0 Å². The van der Waals surface area contributed by atoms with Crippen molar-refractivity contribution >= 4 is 33.0 Å². The van der Waals surface area contributed by atoms with Gasteiger partial charge in [-0.3, -0.25) is 4.79 Å². The van der Waals surface area contributed by atoms with E-state index in [2.05, 4.69) is 11.3 Å². The number of nitrogens with zero attached hydrogens (tertiary/aromatic N) is 3. The van der Waals surface area contributed by atoms with E-state index in [0.29, 0.717) is 16.3 Å². The molecule has 0 saturated heterocycles. The molecular formula is C22H20N4O3S.